The number of hydrogen-bond donors (Lipinski definition) is 0. The van der Waals surface area contributed by atoms with Gasteiger partial charge in [-0.2, -0.15) is 0 Å². The van der Waals surface area contributed by atoms with Crippen molar-refractivity contribution in [2.45, 2.75) is 24.5 Å². The van der Waals surface area contributed by atoms with Crippen LogP contribution < -0.4 is 0 Å². The van der Waals surface area contributed by atoms with E-state index in [0.29, 0.717) is 0 Å². The van der Waals surface area contributed by atoms with Crippen molar-refractivity contribution < 1.29 is 28.5 Å². The Balaban J connectivity index is 1.96. The van der Waals surface area contributed by atoms with Gasteiger partial charge >= 0.3 is 11.6 Å². The molecule has 1 aromatic carbocycles. The minimum absolute atomic E-state index is 0.0184. The molecule has 8 nitrogen and oxygen atoms in total. The molecule has 2 aliphatic rings. The number of furan rings is 1. The second kappa shape index (κ2) is 5.35. The van der Waals surface area contributed by atoms with Gasteiger partial charge in [-0.15, -0.1) is 0 Å². The predicted molar refractivity (Wildman–Crippen MR) is 85.3 cm³/mol. The predicted octanol–water partition coefficient (Wildman–Crippen LogP) is 2.02. The molecule has 2 heterocycles. The van der Waals surface area contributed by atoms with Gasteiger partial charge in [0.15, 0.2) is 0 Å². The van der Waals surface area contributed by atoms with Gasteiger partial charge in [-0.25, -0.2) is 0 Å². The number of nitrogens with zero attached hydrogens (tertiary/aromatic N) is 1. The number of carbonyl (C=O) groups is 3. The van der Waals surface area contributed by atoms with Crippen molar-refractivity contribution >= 4 is 17.5 Å². The quantitative estimate of drug-likeness (QED) is 0.350. The first kappa shape index (κ1) is 16.2. The number of carbonyl (C=O) groups excluding carboxylic acids is 3. The molecule has 1 aromatic heterocycles. The molecule has 26 heavy (non-hydrogen) atoms. The number of rotatable bonds is 2. The fourth-order valence-corrected chi connectivity index (χ4v) is 3.89. The Hall–Kier alpha value is -3.29. The lowest BCUT2D eigenvalue weighted by Crippen LogP contribution is -2.65. The fourth-order valence-electron chi connectivity index (χ4n) is 3.89. The molecule has 8 heteroatoms. The molecular weight excluding hydrogens is 342 g/mol. The third-order valence-electron chi connectivity index (χ3n) is 5.12. The fraction of sp³-hybridized carbons (Fsp3) is 0.278. The lowest BCUT2D eigenvalue weighted by atomic mass is 9.72. The molecular formula is C18H13NO7. The van der Waals surface area contributed by atoms with Gasteiger partial charge in [0.05, 0.1) is 12.2 Å². The van der Waals surface area contributed by atoms with Crippen molar-refractivity contribution in [2.24, 2.45) is 5.92 Å². The Kier molecular flexibility index (Phi) is 3.33. The smallest absolute Gasteiger partial charge is 0.311 e. The zero-order valence-corrected chi connectivity index (χ0v) is 13.6. The van der Waals surface area contributed by atoms with Crippen LogP contribution >= 0.6 is 0 Å². The highest BCUT2D eigenvalue weighted by atomic mass is 16.6. The SMILES string of the molecule is C[C@H]1C(=O)OC2(C(=O)c3ccccc3C2=O)[C@@H]([N+](=O)[O-])[C@@H]1c1ccco1. The average molecular weight is 355 g/mol. The van der Waals surface area contributed by atoms with E-state index in [-0.39, 0.29) is 16.9 Å². The summed E-state index contributed by atoms with van der Waals surface area (Å²) in [5, 5.41) is 12.0. The summed E-state index contributed by atoms with van der Waals surface area (Å²) in [6, 6.07) is 7.11. The highest BCUT2D eigenvalue weighted by molar-refractivity contribution is 6.33. The molecule has 0 saturated carbocycles. The molecule has 2 aromatic rings. The number of esters is 1. The van der Waals surface area contributed by atoms with Crippen molar-refractivity contribution in [3.05, 3.63) is 69.7 Å². The highest BCUT2D eigenvalue weighted by Gasteiger charge is 2.73. The normalized spacial score (nSPS) is 26.7. The summed E-state index contributed by atoms with van der Waals surface area (Å²) in [5.41, 5.74) is -2.47. The third kappa shape index (κ3) is 1.86. The van der Waals surface area contributed by atoms with E-state index in [9.17, 15) is 24.5 Å². The van der Waals surface area contributed by atoms with E-state index in [0.717, 1.165) is 0 Å². The molecule has 1 aliphatic carbocycles. The Morgan fingerprint density at radius 1 is 1.04 bits per heavy atom. The molecule has 132 valence electrons. The van der Waals surface area contributed by atoms with Gasteiger partial charge < -0.3 is 9.15 Å². The lowest BCUT2D eigenvalue weighted by Gasteiger charge is -2.39. The van der Waals surface area contributed by atoms with Crippen LogP contribution in [0.3, 0.4) is 0 Å². The van der Waals surface area contributed by atoms with Crippen molar-refractivity contribution in [3.63, 3.8) is 0 Å². The van der Waals surface area contributed by atoms with Gasteiger partial charge in [-0.05, 0) is 12.1 Å². The van der Waals surface area contributed by atoms with Gasteiger partial charge in [-0.3, -0.25) is 24.5 Å². The molecule has 1 fully saturated rings. The summed E-state index contributed by atoms with van der Waals surface area (Å²) < 4.78 is 10.5. The van der Waals surface area contributed by atoms with Gasteiger partial charge in [-0.1, -0.05) is 31.2 Å². The standard InChI is InChI=1S/C18H13NO7/c1-9-13(12-7-4-8-25-12)14(19(23)24)18(26-17(9)22)15(20)10-5-2-3-6-11(10)16(18)21/h2-9,13-14H,1H3/t9-,13+,14+/m1/s1. The molecule has 1 saturated heterocycles. The van der Waals surface area contributed by atoms with Gasteiger partial charge in [0.2, 0.25) is 11.6 Å². The number of ether oxygens (including phenoxy) is 1. The Morgan fingerprint density at radius 2 is 1.65 bits per heavy atom. The molecule has 4 rings (SSSR count). The van der Waals surface area contributed by atoms with Crippen LogP contribution in [-0.4, -0.2) is 34.1 Å². The van der Waals surface area contributed by atoms with Crippen LogP contribution in [0.15, 0.2) is 47.1 Å². The number of nitro groups is 1. The van der Waals surface area contributed by atoms with E-state index in [2.05, 4.69) is 0 Å². The van der Waals surface area contributed by atoms with E-state index >= 15 is 0 Å². The summed E-state index contributed by atoms with van der Waals surface area (Å²) in [4.78, 5) is 49.8. The maximum Gasteiger partial charge on any atom is 0.311 e. The van der Waals surface area contributed by atoms with Gasteiger partial charge in [0, 0.05) is 16.1 Å². The molecule has 0 N–H and O–H groups in total. The summed E-state index contributed by atoms with van der Waals surface area (Å²) in [6.45, 7) is 1.45. The van der Waals surface area contributed by atoms with Crippen LogP contribution in [0, 0.1) is 16.0 Å². The maximum absolute atomic E-state index is 13.0. The highest BCUT2D eigenvalue weighted by Crippen LogP contribution is 2.48. The van der Waals surface area contributed by atoms with E-state index in [1.807, 2.05) is 0 Å². The number of fused-ring (bicyclic) bond motifs is 1. The minimum atomic E-state index is -2.51. The first-order valence-electron chi connectivity index (χ1n) is 7.98. The monoisotopic (exact) mass is 355 g/mol. The third-order valence-corrected chi connectivity index (χ3v) is 5.12. The molecule has 0 amide bonds. The zero-order chi connectivity index (χ0) is 18.6. The Labute approximate surface area is 146 Å². The summed E-state index contributed by atoms with van der Waals surface area (Å²) in [6.07, 6.45) is 1.32. The second-order valence-electron chi connectivity index (χ2n) is 6.42. The van der Waals surface area contributed by atoms with E-state index in [4.69, 9.17) is 9.15 Å². The molecule has 0 unspecified atom stereocenters. The maximum atomic E-state index is 13.0. The average Bonchev–Trinajstić information content (AvgIpc) is 3.21. The second-order valence-corrected chi connectivity index (χ2v) is 6.42. The van der Waals surface area contributed by atoms with E-state index in [1.165, 1.54) is 37.5 Å². The van der Waals surface area contributed by atoms with E-state index < -0.39 is 45.9 Å². The van der Waals surface area contributed by atoms with Crippen molar-refractivity contribution in [1.29, 1.82) is 0 Å². The summed E-state index contributed by atoms with van der Waals surface area (Å²) in [7, 11) is 0. The number of Topliss-reactive ketones (excluding diaryl/α,β-unsaturated/α-hetero) is 2. The number of ketones is 2. The molecule has 3 atom stereocenters. The summed E-state index contributed by atoms with van der Waals surface area (Å²) in [5.74, 6) is -4.48. The van der Waals surface area contributed by atoms with Crippen LogP contribution in [0.25, 0.3) is 0 Å². The first-order chi connectivity index (χ1) is 12.4. The van der Waals surface area contributed by atoms with Gasteiger partial charge in [0.1, 0.15) is 11.7 Å². The van der Waals surface area contributed by atoms with Crippen LogP contribution in [0.2, 0.25) is 0 Å². The first-order valence-corrected chi connectivity index (χ1v) is 7.98. The van der Waals surface area contributed by atoms with Crippen LogP contribution in [-0.2, 0) is 9.53 Å². The van der Waals surface area contributed by atoms with E-state index in [1.54, 1.807) is 12.1 Å². The molecule has 1 spiro atoms. The Morgan fingerprint density at radius 3 is 2.15 bits per heavy atom. The Bertz CT molecular complexity index is 911. The zero-order valence-electron chi connectivity index (χ0n) is 13.6. The molecule has 1 aliphatic heterocycles. The number of hydrogen-bond acceptors (Lipinski definition) is 7. The van der Waals surface area contributed by atoms with Crippen molar-refractivity contribution in [2.75, 3.05) is 0 Å². The topological polar surface area (TPSA) is 117 Å². The lowest BCUT2D eigenvalue weighted by molar-refractivity contribution is -0.545. The van der Waals surface area contributed by atoms with Gasteiger partial charge in [0.25, 0.3) is 6.04 Å². The van der Waals surface area contributed by atoms with Crippen molar-refractivity contribution in [3.8, 4) is 0 Å². The molecule has 0 bridgehead atoms. The minimum Gasteiger partial charge on any atom is -0.469 e. The molecule has 0 radical (unpaired) electrons. The number of benzene rings is 1. The van der Waals surface area contributed by atoms with Crippen molar-refractivity contribution in [1.82, 2.24) is 0 Å². The largest absolute Gasteiger partial charge is 0.469 e. The summed E-state index contributed by atoms with van der Waals surface area (Å²) >= 11 is 0. The van der Waals surface area contributed by atoms with Crippen LogP contribution in [0.4, 0.5) is 0 Å². The van der Waals surface area contributed by atoms with Crippen LogP contribution in [0.1, 0.15) is 39.3 Å². The van der Waals surface area contributed by atoms with Crippen LogP contribution in [0.5, 0.6) is 0 Å².